The quantitative estimate of drug-likeness (QED) is 0.223. The average Bonchev–Trinajstić information content (AvgIpc) is 3.74. The molecular weight excluding hydrogens is 633 g/mol. The van der Waals surface area contributed by atoms with E-state index in [4.69, 9.17) is 21.4 Å². The molecule has 242 valence electrons. The monoisotopic (exact) mass is 667 g/mol. The number of anilines is 1. The molecule has 0 radical (unpaired) electrons. The Morgan fingerprint density at radius 2 is 1.98 bits per heavy atom. The van der Waals surface area contributed by atoms with Crippen LogP contribution < -0.4 is 5.32 Å². The van der Waals surface area contributed by atoms with E-state index in [1.165, 1.54) is 17.4 Å². The van der Waals surface area contributed by atoms with E-state index >= 15 is 4.39 Å². The molecule has 2 N–H and O–H groups in total. The van der Waals surface area contributed by atoms with Gasteiger partial charge in [0.2, 0.25) is 5.91 Å². The lowest BCUT2D eigenvalue weighted by molar-refractivity contribution is -0.137. The number of ether oxygens (including phenoxy) is 1. The molecule has 4 aromatic rings. The molecule has 0 saturated carbocycles. The highest BCUT2D eigenvalue weighted by Gasteiger charge is 2.43. The maximum Gasteiger partial charge on any atom is 0.303 e. The Bertz CT molecular complexity index is 1790. The van der Waals surface area contributed by atoms with Crippen molar-refractivity contribution in [2.24, 2.45) is 7.05 Å². The second-order valence-corrected chi connectivity index (χ2v) is 13.3. The molecule has 2 aliphatic rings. The van der Waals surface area contributed by atoms with Crippen LogP contribution in [0.3, 0.4) is 0 Å². The Balaban J connectivity index is 1.18. The Hall–Kier alpha value is -3.84. The standard InChI is InChI=1S/C33H35ClFN5O5S/c1-3-45-21-16-39(17-21)20-12-29(33-36-14-22(46-33)8-9-31(42)43)40(15-20)30(41)11-19-10-25(34)27(13-26(19)35)37-32(44)24-18-38(2)28-7-5-4-6-23(24)28/h4-7,10,13-14,18,20-21,29H,3,8-9,11-12,15-17H2,1-2H3,(H,37,44)(H,42,43)/t20-,29-/m0/s1. The predicted octanol–water partition coefficient (Wildman–Crippen LogP) is 5.30. The molecule has 0 aliphatic carbocycles. The number of benzene rings is 2. The first kappa shape index (κ1) is 32.1. The van der Waals surface area contributed by atoms with Crippen molar-refractivity contribution in [2.45, 2.75) is 50.8 Å². The highest BCUT2D eigenvalue weighted by Crippen LogP contribution is 2.39. The lowest BCUT2D eigenvalue weighted by Gasteiger charge is -2.42. The van der Waals surface area contributed by atoms with Crippen LogP contribution in [0.15, 0.2) is 48.8 Å². The topological polar surface area (TPSA) is 117 Å². The van der Waals surface area contributed by atoms with Crippen molar-refractivity contribution in [1.29, 1.82) is 0 Å². The van der Waals surface area contributed by atoms with Crippen molar-refractivity contribution in [3.05, 3.63) is 80.6 Å². The van der Waals surface area contributed by atoms with Gasteiger partial charge in [0.1, 0.15) is 10.8 Å². The first-order chi connectivity index (χ1) is 22.1. The Morgan fingerprint density at radius 1 is 1.20 bits per heavy atom. The number of aromatic nitrogens is 2. The molecule has 4 heterocycles. The lowest BCUT2D eigenvalue weighted by Crippen LogP contribution is -2.57. The van der Waals surface area contributed by atoms with Crippen molar-refractivity contribution in [1.82, 2.24) is 19.4 Å². The third kappa shape index (κ3) is 6.66. The Morgan fingerprint density at radius 3 is 2.74 bits per heavy atom. The maximum atomic E-state index is 15.5. The van der Waals surface area contributed by atoms with Crippen LogP contribution in [0.5, 0.6) is 0 Å². The van der Waals surface area contributed by atoms with Crippen LogP contribution in [0.4, 0.5) is 10.1 Å². The largest absolute Gasteiger partial charge is 0.481 e. The minimum atomic E-state index is -0.880. The number of rotatable bonds is 11. The zero-order chi connectivity index (χ0) is 32.5. The second-order valence-electron chi connectivity index (χ2n) is 11.8. The fraction of sp³-hybridized carbons (Fsp3) is 0.394. The van der Waals surface area contributed by atoms with Crippen LogP contribution in [-0.4, -0.2) is 80.6 Å². The van der Waals surface area contributed by atoms with E-state index in [1.54, 1.807) is 17.3 Å². The predicted molar refractivity (Wildman–Crippen MR) is 174 cm³/mol. The number of hydrogen-bond donors (Lipinski definition) is 2. The summed E-state index contributed by atoms with van der Waals surface area (Å²) in [6, 6.07) is 9.82. The molecule has 0 spiro atoms. The zero-order valence-electron chi connectivity index (χ0n) is 25.5. The number of carbonyl (C=O) groups is 3. The summed E-state index contributed by atoms with van der Waals surface area (Å²) < 4.78 is 23.0. The summed E-state index contributed by atoms with van der Waals surface area (Å²) in [5, 5.41) is 13.4. The molecule has 0 unspecified atom stereocenters. The fourth-order valence-corrected chi connectivity index (χ4v) is 7.59. The summed E-state index contributed by atoms with van der Waals surface area (Å²) in [6.45, 7) is 4.64. The number of aliphatic carboxylic acids is 1. The third-order valence-electron chi connectivity index (χ3n) is 8.70. The molecule has 46 heavy (non-hydrogen) atoms. The van der Waals surface area contributed by atoms with Crippen LogP contribution in [-0.2, 0) is 34.2 Å². The summed E-state index contributed by atoms with van der Waals surface area (Å²) >= 11 is 7.94. The highest BCUT2D eigenvalue weighted by molar-refractivity contribution is 7.11. The number of carbonyl (C=O) groups excluding carboxylic acids is 2. The van der Waals surface area contributed by atoms with Crippen molar-refractivity contribution < 1.29 is 28.6 Å². The highest BCUT2D eigenvalue weighted by atomic mass is 35.5. The van der Waals surface area contributed by atoms with Gasteiger partial charge in [-0.1, -0.05) is 29.8 Å². The van der Waals surface area contributed by atoms with E-state index in [9.17, 15) is 14.4 Å². The fourth-order valence-electron chi connectivity index (χ4n) is 6.32. The smallest absolute Gasteiger partial charge is 0.303 e. The van der Waals surface area contributed by atoms with Crippen LogP contribution in [0.2, 0.25) is 5.02 Å². The lowest BCUT2D eigenvalue weighted by atomic mass is 10.1. The molecule has 10 nitrogen and oxygen atoms in total. The Labute approximate surface area is 274 Å². The van der Waals surface area contributed by atoms with Gasteiger partial charge < -0.3 is 24.6 Å². The number of fused-ring (bicyclic) bond motifs is 1. The molecule has 13 heteroatoms. The number of carboxylic acids is 1. The van der Waals surface area contributed by atoms with Crippen LogP contribution >= 0.6 is 22.9 Å². The molecule has 2 amide bonds. The van der Waals surface area contributed by atoms with Gasteiger partial charge in [0.15, 0.2) is 0 Å². The van der Waals surface area contributed by atoms with Gasteiger partial charge in [-0.05, 0) is 43.5 Å². The number of aryl methyl sites for hydroxylation is 2. The van der Waals surface area contributed by atoms with E-state index in [0.29, 0.717) is 31.6 Å². The molecule has 2 fully saturated rings. The molecule has 2 aromatic carbocycles. The molecule has 2 saturated heterocycles. The second kappa shape index (κ2) is 13.5. The van der Waals surface area contributed by atoms with Crippen molar-refractivity contribution in [2.75, 3.05) is 31.6 Å². The number of para-hydroxylation sites is 1. The molecular formula is C33H35ClFN5O5S. The molecule has 0 bridgehead atoms. The summed E-state index contributed by atoms with van der Waals surface area (Å²) in [6.07, 6.45) is 4.38. The van der Waals surface area contributed by atoms with Gasteiger partial charge in [-0.3, -0.25) is 19.3 Å². The van der Waals surface area contributed by atoms with Gasteiger partial charge >= 0.3 is 5.97 Å². The normalized spacial score (nSPS) is 18.7. The summed E-state index contributed by atoms with van der Waals surface area (Å²) in [7, 11) is 1.85. The van der Waals surface area contributed by atoms with Gasteiger partial charge in [0.25, 0.3) is 5.91 Å². The number of carboxylic acid groups (broad SMARTS) is 1. The van der Waals surface area contributed by atoms with E-state index in [-0.39, 0.29) is 53.2 Å². The van der Waals surface area contributed by atoms with Crippen molar-refractivity contribution in [3.63, 3.8) is 0 Å². The van der Waals surface area contributed by atoms with Crippen molar-refractivity contribution in [3.8, 4) is 0 Å². The summed E-state index contributed by atoms with van der Waals surface area (Å²) in [4.78, 5) is 47.5. The number of nitrogens with zero attached hydrogens (tertiary/aromatic N) is 4. The van der Waals surface area contributed by atoms with Crippen LogP contribution in [0.1, 0.15) is 51.6 Å². The van der Waals surface area contributed by atoms with E-state index in [0.717, 1.165) is 39.9 Å². The first-order valence-corrected chi connectivity index (χ1v) is 16.5. The average molecular weight is 668 g/mol. The number of nitrogens with one attached hydrogen (secondary N) is 1. The molecule has 6 rings (SSSR count). The zero-order valence-corrected chi connectivity index (χ0v) is 27.1. The number of thiazole rings is 1. The Kier molecular flexibility index (Phi) is 9.42. The minimum Gasteiger partial charge on any atom is -0.481 e. The van der Waals surface area contributed by atoms with Crippen molar-refractivity contribution >= 4 is 57.3 Å². The summed E-state index contributed by atoms with van der Waals surface area (Å²) in [5.74, 6) is -2.21. The number of hydrogen-bond acceptors (Lipinski definition) is 7. The van der Waals surface area contributed by atoms with Gasteiger partial charge in [0.05, 0.1) is 41.3 Å². The van der Waals surface area contributed by atoms with Gasteiger partial charge in [0, 0.05) is 67.5 Å². The van der Waals surface area contributed by atoms with E-state index in [2.05, 4.69) is 15.2 Å². The SMILES string of the molecule is CCOC1CN([C@H]2C[C@@H](c3ncc(CCC(=O)O)s3)N(C(=O)Cc3cc(Cl)c(NC(=O)c4cn(C)c5ccccc45)cc3F)C2)C1. The molecule has 2 aliphatic heterocycles. The van der Waals surface area contributed by atoms with E-state index in [1.807, 2.05) is 42.8 Å². The minimum absolute atomic E-state index is 0.00257. The number of amides is 2. The third-order valence-corrected chi connectivity index (χ3v) is 10.2. The van der Waals surface area contributed by atoms with Crippen LogP contribution in [0.25, 0.3) is 10.9 Å². The first-order valence-electron chi connectivity index (χ1n) is 15.3. The molecule has 2 atom stereocenters. The maximum absolute atomic E-state index is 15.5. The number of likely N-dealkylation sites (tertiary alicyclic amines) is 2. The van der Waals surface area contributed by atoms with E-state index < -0.39 is 17.7 Å². The molecule has 2 aromatic heterocycles. The van der Waals surface area contributed by atoms with Gasteiger partial charge in [-0.2, -0.15) is 0 Å². The van der Waals surface area contributed by atoms with Gasteiger partial charge in [-0.25, -0.2) is 9.37 Å². The van der Waals surface area contributed by atoms with Crippen LogP contribution in [0, 0.1) is 5.82 Å². The van der Waals surface area contributed by atoms with Gasteiger partial charge in [-0.15, -0.1) is 11.3 Å². The number of halogens is 2. The summed E-state index contributed by atoms with van der Waals surface area (Å²) in [5.41, 5.74) is 1.57.